The number of fused-ring (bicyclic) bond motifs is 1. The third kappa shape index (κ3) is 3.58. The normalized spacial score (nSPS) is 21.0. The molecule has 0 aliphatic heterocycles. The monoisotopic (exact) mass is 389 g/mol. The average Bonchev–Trinajstić information content (AvgIpc) is 2.72. The Kier molecular flexibility index (Phi) is 5.01. The summed E-state index contributed by atoms with van der Waals surface area (Å²) in [5.74, 6) is 0.954. The molecule has 3 aromatic rings. The van der Waals surface area contributed by atoms with Crippen LogP contribution in [0.15, 0.2) is 49.0 Å². The number of phenolic OH excluding ortho intramolecular Hbond substituents is 1. The summed E-state index contributed by atoms with van der Waals surface area (Å²) in [5, 5.41) is 25.0. The Balaban J connectivity index is 1.70. The van der Waals surface area contributed by atoms with Crippen LogP contribution in [-0.4, -0.2) is 34.1 Å². The van der Waals surface area contributed by atoms with Crippen molar-refractivity contribution in [3.05, 3.63) is 54.6 Å². The molecule has 0 saturated heterocycles. The number of benzene rings is 2. The Morgan fingerprint density at radius 3 is 2.59 bits per heavy atom. The average molecular weight is 389 g/mol. The number of hydrogen-bond donors (Lipinski definition) is 2. The van der Waals surface area contributed by atoms with Crippen LogP contribution in [0.25, 0.3) is 27.6 Å². The molecule has 1 aliphatic carbocycles. The van der Waals surface area contributed by atoms with Gasteiger partial charge in [-0.2, -0.15) is 0 Å². The van der Waals surface area contributed by atoms with Crippen LogP contribution >= 0.6 is 0 Å². The van der Waals surface area contributed by atoms with Crippen molar-refractivity contribution in [1.82, 2.24) is 10.2 Å². The molecule has 29 heavy (non-hydrogen) atoms. The SMILES string of the molecule is C=C(CC)c1ccc(-c2nnc(NC3CC(C)(OC)C3)c3ccccc23)c(O)c1. The summed E-state index contributed by atoms with van der Waals surface area (Å²) in [6.45, 7) is 8.22. The van der Waals surface area contributed by atoms with Crippen LogP contribution in [-0.2, 0) is 4.74 Å². The standard InChI is InChI=1S/C24H27N3O2/c1-5-15(2)16-10-11-20(21(28)12-16)22-18-8-6-7-9-19(18)23(27-26-22)25-17-13-24(3,14-17)29-4/h6-12,17,28H,2,5,13-14H2,1,3-4H3,(H,25,27). The van der Waals surface area contributed by atoms with Crippen molar-refractivity contribution in [2.75, 3.05) is 12.4 Å². The van der Waals surface area contributed by atoms with Crippen molar-refractivity contribution in [3.63, 3.8) is 0 Å². The van der Waals surface area contributed by atoms with E-state index in [-0.39, 0.29) is 11.4 Å². The van der Waals surface area contributed by atoms with Gasteiger partial charge in [0.1, 0.15) is 11.4 Å². The highest BCUT2D eigenvalue weighted by molar-refractivity contribution is 6.01. The lowest BCUT2D eigenvalue weighted by Crippen LogP contribution is -2.49. The van der Waals surface area contributed by atoms with Crippen LogP contribution in [0.2, 0.25) is 0 Å². The summed E-state index contributed by atoms with van der Waals surface area (Å²) in [6.07, 6.45) is 2.71. The number of hydrogen-bond acceptors (Lipinski definition) is 5. The van der Waals surface area contributed by atoms with Crippen LogP contribution < -0.4 is 5.32 Å². The first-order valence-corrected chi connectivity index (χ1v) is 10.0. The van der Waals surface area contributed by atoms with Crippen LogP contribution in [0.3, 0.4) is 0 Å². The topological polar surface area (TPSA) is 67.3 Å². The molecule has 2 N–H and O–H groups in total. The fraction of sp³-hybridized carbons (Fsp3) is 0.333. The second-order valence-corrected chi connectivity index (χ2v) is 8.04. The van der Waals surface area contributed by atoms with E-state index >= 15 is 0 Å². The summed E-state index contributed by atoms with van der Waals surface area (Å²) in [5.41, 5.74) is 3.22. The van der Waals surface area contributed by atoms with Gasteiger partial charge in [-0.3, -0.25) is 0 Å². The quantitative estimate of drug-likeness (QED) is 0.590. The first-order chi connectivity index (χ1) is 13.9. The fourth-order valence-electron chi connectivity index (χ4n) is 4.01. The van der Waals surface area contributed by atoms with E-state index in [4.69, 9.17) is 4.74 Å². The molecule has 4 rings (SSSR count). The maximum absolute atomic E-state index is 10.7. The Hall–Kier alpha value is -2.92. The number of aromatic nitrogens is 2. The summed E-state index contributed by atoms with van der Waals surface area (Å²) >= 11 is 0. The minimum Gasteiger partial charge on any atom is -0.507 e. The molecular formula is C24H27N3O2. The highest BCUT2D eigenvalue weighted by Crippen LogP contribution is 2.39. The molecule has 0 unspecified atom stereocenters. The number of nitrogens with zero attached hydrogens (tertiary/aromatic N) is 2. The maximum Gasteiger partial charge on any atom is 0.156 e. The van der Waals surface area contributed by atoms with Crippen molar-refractivity contribution in [3.8, 4) is 17.0 Å². The number of methoxy groups -OCH3 is 1. The van der Waals surface area contributed by atoms with E-state index in [9.17, 15) is 5.11 Å². The Morgan fingerprint density at radius 2 is 1.93 bits per heavy atom. The molecule has 1 saturated carbocycles. The number of anilines is 1. The summed E-state index contributed by atoms with van der Waals surface area (Å²) in [6, 6.07) is 14.0. The van der Waals surface area contributed by atoms with Crippen molar-refractivity contribution in [2.45, 2.75) is 44.8 Å². The predicted molar refractivity (Wildman–Crippen MR) is 118 cm³/mol. The van der Waals surface area contributed by atoms with Crippen molar-refractivity contribution in [2.24, 2.45) is 0 Å². The van der Waals surface area contributed by atoms with Gasteiger partial charge < -0.3 is 15.2 Å². The van der Waals surface area contributed by atoms with Crippen molar-refractivity contribution >= 4 is 22.2 Å². The highest BCUT2D eigenvalue weighted by atomic mass is 16.5. The molecule has 2 aromatic carbocycles. The van der Waals surface area contributed by atoms with Gasteiger partial charge in [-0.25, -0.2) is 0 Å². The van der Waals surface area contributed by atoms with Crippen LogP contribution in [0.4, 0.5) is 5.82 Å². The number of allylic oxidation sites excluding steroid dienone is 1. The number of aromatic hydroxyl groups is 1. The molecule has 1 fully saturated rings. The molecule has 0 spiro atoms. The van der Waals surface area contributed by atoms with Crippen LogP contribution in [0, 0.1) is 0 Å². The Labute approximate surface area is 171 Å². The van der Waals surface area contributed by atoms with Crippen LogP contribution in [0.5, 0.6) is 5.75 Å². The molecule has 0 atom stereocenters. The summed E-state index contributed by atoms with van der Waals surface area (Å²) in [4.78, 5) is 0. The summed E-state index contributed by atoms with van der Waals surface area (Å²) in [7, 11) is 1.76. The number of nitrogens with one attached hydrogen (secondary N) is 1. The number of phenols is 1. The molecule has 1 aliphatic rings. The highest BCUT2D eigenvalue weighted by Gasteiger charge is 2.40. The first kappa shape index (κ1) is 19.4. The molecule has 1 heterocycles. The van der Waals surface area contributed by atoms with E-state index in [1.165, 1.54) is 0 Å². The predicted octanol–water partition coefficient (Wildman–Crippen LogP) is 5.41. The molecule has 0 bridgehead atoms. The van der Waals surface area contributed by atoms with Gasteiger partial charge in [-0.1, -0.05) is 43.8 Å². The Bertz CT molecular complexity index is 1070. The second-order valence-electron chi connectivity index (χ2n) is 8.04. The molecular weight excluding hydrogens is 362 g/mol. The zero-order valence-electron chi connectivity index (χ0n) is 17.2. The molecule has 5 nitrogen and oxygen atoms in total. The van der Waals surface area contributed by atoms with Gasteiger partial charge in [0.25, 0.3) is 0 Å². The van der Waals surface area contributed by atoms with Gasteiger partial charge in [0.05, 0.1) is 5.60 Å². The van der Waals surface area contributed by atoms with E-state index in [0.717, 1.165) is 47.0 Å². The summed E-state index contributed by atoms with van der Waals surface area (Å²) < 4.78 is 5.54. The lowest BCUT2D eigenvalue weighted by Gasteiger charge is -2.44. The van der Waals surface area contributed by atoms with Crippen molar-refractivity contribution in [1.29, 1.82) is 0 Å². The number of ether oxygens (including phenoxy) is 1. The molecule has 5 heteroatoms. The van der Waals surface area contributed by atoms with Gasteiger partial charge in [0.15, 0.2) is 5.82 Å². The van der Waals surface area contributed by atoms with Gasteiger partial charge in [-0.05, 0) is 49.5 Å². The first-order valence-electron chi connectivity index (χ1n) is 10.0. The smallest absolute Gasteiger partial charge is 0.156 e. The minimum absolute atomic E-state index is 0.0587. The third-order valence-corrected chi connectivity index (χ3v) is 5.97. The van der Waals surface area contributed by atoms with E-state index in [1.54, 1.807) is 13.2 Å². The van der Waals surface area contributed by atoms with Gasteiger partial charge in [0.2, 0.25) is 0 Å². The minimum atomic E-state index is -0.0587. The Morgan fingerprint density at radius 1 is 1.21 bits per heavy atom. The van der Waals surface area contributed by atoms with E-state index in [2.05, 4.69) is 35.9 Å². The van der Waals surface area contributed by atoms with E-state index in [0.29, 0.717) is 17.3 Å². The molecule has 0 amide bonds. The number of rotatable bonds is 6. The fourth-order valence-corrected chi connectivity index (χ4v) is 4.01. The van der Waals surface area contributed by atoms with E-state index < -0.39 is 0 Å². The second kappa shape index (κ2) is 7.48. The third-order valence-electron chi connectivity index (χ3n) is 5.97. The zero-order chi connectivity index (χ0) is 20.6. The van der Waals surface area contributed by atoms with Gasteiger partial charge in [-0.15, -0.1) is 10.2 Å². The van der Waals surface area contributed by atoms with E-state index in [1.807, 2.05) is 36.4 Å². The molecule has 150 valence electrons. The largest absolute Gasteiger partial charge is 0.507 e. The lowest BCUT2D eigenvalue weighted by molar-refractivity contribution is -0.0625. The lowest BCUT2D eigenvalue weighted by atomic mass is 9.77. The van der Waals surface area contributed by atoms with Crippen LogP contribution in [0.1, 0.15) is 38.7 Å². The maximum atomic E-state index is 10.7. The zero-order valence-corrected chi connectivity index (χ0v) is 17.2. The molecule has 0 radical (unpaired) electrons. The van der Waals surface area contributed by atoms with Gasteiger partial charge in [0, 0.05) is 29.5 Å². The van der Waals surface area contributed by atoms with Gasteiger partial charge >= 0.3 is 0 Å². The molecule has 1 aromatic heterocycles. The van der Waals surface area contributed by atoms with Crippen molar-refractivity contribution < 1.29 is 9.84 Å².